The standard InChI is InChI=1S/C15H22N2O2/c1-2-15(8-10-16-11-9-15)14(18)17-19-12-13-6-4-3-5-7-13/h3-7,16H,2,8-12H2,1H3,(H,17,18). The Morgan fingerprint density at radius 2 is 2.00 bits per heavy atom. The van der Waals surface area contributed by atoms with Crippen molar-refractivity contribution in [1.82, 2.24) is 10.8 Å². The molecule has 0 atom stereocenters. The van der Waals surface area contributed by atoms with Crippen LogP contribution in [0.3, 0.4) is 0 Å². The number of hydrogen-bond donors (Lipinski definition) is 2. The average molecular weight is 262 g/mol. The molecule has 0 saturated carbocycles. The van der Waals surface area contributed by atoms with E-state index in [1.807, 2.05) is 30.3 Å². The molecular formula is C15H22N2O2. The van der Waals surface area contributed by atoms with Crippen molar-refractivity contribution < 1.29 is 9.63 Å². The maximum Gasteiger partial charge on any atom is 0.249 e. The molecule has 1 aliphatic heterocycles. The van der Waals surface area contributed by atoms with E-state index >= 15 is 0 Å². The molecule has 19 heavy (non-hydrogen) atoms. The zero-order valence-corrected chi connectivity index (χ0v) is 11.4. The SMILES string of the molecule is CCC1(C(=O)NOCc2ccccc2)CCNCC1. The van der Waals surface area contributed by atoms with E-state index in [-0.39, 0.29) is 11.3 Å². The molecule has 1 heterocycles. The predicted molar refractivity (Wildman–Crippen MR) is 74.2 cm³/mol. The van der Waals surface area contributed by atoms with Crippen molar-refractivity contribution in [3.8, 4) is 0 Å². The van der Waals surface area contributed by atoms with Gasteiger partial charge in [-0.1, -0.05) is 37.3 Å². The lowest BCUT2D eigenvalue weighted by Gasteiger charge is -2.34. The summed E-state index contributed by atoms with van der Waals surface area (Å²) in [5.41, 5.74) is 3.42. The molecule has 0 aliphatic carbocycles. The Morgan fingerprint density at radius 3 is 2.63 bits per heavy atom. The molecule has 4 nitrogen and oxygen atoms in total. The highest BCUT2D eigenvalue weighted by atomic mass is 16.6. The molecule has 1 saturated heterocycles. The number of hydroxylamine groups is 1. The van der Waals surface area contributed by atoms with Crippen molar-refractivity contribution in [2.45, 2.75) is 32.8 Å². The van der Waals surface area contributed by atoms with Gasteiger partial charge >= 0.3 is 0 Å². The molecule has 0 aromatic heterocycles. The van der Waals surface area contributed by atoms with Gasteiger partial charge in [0.25, 0.3) is 0 Å². The molecule has 0 radical (unpaired) electrons. The van der Waals surface area contributed by atoms with Crippen LogP contribution in [0.2, 0.25) is 0 Å². The maximum atomic E-state index is 12.3. The van der Waals surface area contributed by atoms with E-state index < -0.39 is 0 Å². The minimum absolute atomic E-state index is 0.0208. The first-order valence-electron chi connectivity index (χ1n) is 6.94. The molecule has 0 unspecified atom stereocenters. The highest BCUT2D eigenvalue weighted by molar-refractivity contribution is 5.81. The van der Waals surface area contributed by atoms with Gasteiger partial charge < -0.3 is 5.32 Å². The number of hydrogen-bond acceptors (Lipinski definition) is 3. The highest BCUT2D eigenvalue weighted by Gasteiger charge is 2.37. The minimum Gasteiger partial charge on any atom is -0.317 e. The number of carbonyl (C=O) groups is 1. The zero-order valence-electron chi connectivity index (χ0n) is 11.4. The Balaban J connectivity index is 1.83. The molecule has 4 heteroatoms. The zero-order chi connectivity index (χ0) is 13.6. The first-order chi connectivity index (χ1) is 9.27. The molecular weight excluding hydrogens is 240 g/mol. The van der Waals surface area contributed by atoms with Crippen LogP contribution >= 0.6 is 0 Å². The van der Waals surface area contributed by atoms with E-state index in [1.165, 1.54) is 0 Å². The van der Waals surface area contributed by atoms with Gasteiger partial charge in [0, 0.05) is 0 Å². The third-order valence-corrected chi connectivity index (χ3v) is 3.97. The van der Waals surface area contributed by atoms with Crippen molar-refractivity contribution in [3.63, 3.8) is 0 Å². The molecule has 0 bridgehead atoms. The fourth-order valence-corrected chi connectivity index (χ4v) is 2.51. The van der Waals surface area contributed by atoms with E-state index in [9.17, 15) is 4.79 Å². The fourth-order valence-electron chi connectivity index (χ4n) is 2.51. The quantitative estimate of drug-likeness (QED) is 0.798. The molecule has 1 aromatic rings. The number of rotatable bonds is 5. The summed E-state index contributed by atoms with van der Waals surface area (Å²) in [4.78, 5) is 17.6. The smallest absolute Gasteiger partial charge is 0.249 e. The first-order valence-corrected chi connectivity index (χ1v) is 6.94. The van der Waals surface area contributed by atoms with Crippen LogP contribution in [0.1, 0.15) is 31.7 Å². The van der Waals surface area contributed by atoms with Crippen LogP contribution < -0.4 is 10.8 Å². The van der Waals surface area contributed by atoms with Gasteiger partial charge in [-0.05, 0) is 37.9 Å². The summed E-state index contributed by atoms with van der Waals surface area (Å²) in [5.74, 6) is 0.0208. The molecule has 2 N–H and O–H groups in total. The molecule has 1 aromatic carbocycles. The first kappa shape index (κ1) is 14.0. The van der Waals surface area contributed by atoms with Gasteiger partial charge in [0.15, 0.2) is 0 Å². The van der Waals surface area contributed by atoms with E-state index in [0.717, 1.165) is 37.9 Å². The molecule has 1 fully saturated rings. The summed E-state index contributed by atoms with van der Waals surface area (Å²) in [7, 11) is 0. The van der Waals surface area contributed by atoms with Gasteiger partial charge in [0.05, 0.1) is 12.0 Å². The largest absolute Gasteiger partial charge is 0.317 e. The third-order valence-electron chi connectivity index (χ3n) is 3.97. The predicted octanol–water partition coefficient (Wildman–Crippen LogP) is 2.01. The lowest BCUT2D eigenvalue weighted by Crippen LogP contribution is -2.47. The summed E-state index contributed by atoms with van der Waals surface area (Å²) < 4.78 is 0. The van der Waals surface area contributed by atoms with Gasteiger partial charge in [-0.2, -0.15) is 0 Å². The van der Waals surface area contributed by atoms with Crippen LogP contribution in [0.25, 0.3) is 0 Å². The monoisotopic (exact) mass is 262 g/mol. The van der Waals surface area contributed by atoms with E-state index in [0.29, 0.717) is 6.61 Å². The van der Waals surface area contributed by atoms with Crippen molar-refractivity contribution in [2.24, 2.45) is 5.41 Å². The fraction of sp³-hybridized carbons (Fsp3) is 0.533. The Bertz CT molecular complexity index is 400. The van der Waals surface area contributed by atoms with Gasteiger partial charge in [-0.15, -0.1) is 0 Å². The van der Waals surface area contributed by atoms with Crippen LogP contribution in [0.4, 0.5) is 0 Å². The molecule has 1 amide bonds. The lowest BCUT2D eigenvalue weighted by molar-refractivity contribution is -0.147. The van der Waals surface area contributed by atoms with Crippen molar-refractivity contribution in [1.29, 1.82) is 0 Å². The Hall–Kier alpha value is -1.39. The van der Waals surface area contributed by atoms with Gasteiger partial charge in [0.2, 0.25) is 5.91 Å². The third kappa shape index (κ3) is 3.55. The summed E-state index contributed by atoms with van der Waals surface area (Å²) >= 11 is 0. The van der Waals surface area contributed by atoms with Crippen LogP contribution in [-0.2, 0) is 16.2 Å². The van der Waals surface area contributed by atoms with Gasteiger partial charge in [-0.3, -0.25) is 9.63 Å². The van der Waals surface area contributed by atoms with Crippen molar-refractivity contribution in [2.75, 3.05) is 13.1 Å². The van der Waals surface area contributed by atoms with Crippen molar-refractivity contribution >= 4 is 5.91 Å². The lowest BCUT2D eigenvalue weighted by atomic mass is 9.76. The number of amides is 1. The Labute approximate surface area is 114 Å². The van der Waals surface area contributed by atoms with Gasteiger partial charge in [-0.25, -0.2) is 5.48 Å². The number of piperidine rings is 1. The van der Waals surface area contributed by atoms with Crippen molar-refractivity contribution in [3.05, 3.63) is 35.9 Å². The summed E-state index contributed by atoms with van der Waals surface area (Å²) in [6.07, 6.45) is 2.61. The van der Waals surface area contributed by atoms with E-state index in [1.54, 1.807) is 0 Å². The second-order valence-corrected chi connectivity index (χ2v) is 5.09. The molecule has 104 valence electrons. The summed E-state index contributed by atoms with van der Waals surface area (Å²) in [5, 5.41) is 3.29. The normalized spacial score (nSPS) is 17.9. The molecule has 2 rings (SSSR count). The Morgan fingerprint density at radius 1 is 1.32 bits per heavy atom. The van der Waals surface area contributed by atoms with Crippen LogP contribution in [0.15, 0.2) is 30.3 Å². The van der Waals surface area contributed by atoms with Gasteiger partial charge in [0.1, 0.15) is 0 Å². The second kappa shape index (κ2) is 6.68. The van der Waals surface area contributed by atoms with Crippen LogP contribution in [0, 0.1) is 5.41 Å². The maximum absolute atomic E-state index is 12.3. The topological polar surface area (TPSA) is 50.4 Å². The highest BCUT2D eigenvalue weighted by Crippen LogP contribution is 2.32. The number of benzene rings is 1. The second-order valence-electron chi connectivity index (χ2n) is 5.09. The Kier molecular flexibility index (Phi) is 4.93. The van der Waals surface area contributed by atoms with E-state index in [2.05, 4.69) is 17.7 Å². The summed E-state index contributed by atoms with van der Waals surface area (Å²) in [6.45, 7) is 4.28. The van der Waals surface area contributed by atoms with Crippen LogP contribution in [-0.4, -0.2) is 19.0 Å². The molecule has 0 spiro atoms. The molecule has 1 aliphatic rings. The van der Waals surface area contributed by atoms with Crippen LogP contribution in [0.5, 0.6) is 0 Å². The summed E-state index contributed by atoms with van der Waals surface area (Å²) in [6, 6.07) is 9.84. The van der Waals surface area contributed by atoms with E-state index in [4.69, 9.17) is 4.84 Å². The number of nitrogens with one attached hydrogen (secondary N) is 2. The minimum atomic E-state index is -0.262. The average Bonchev–Trinajstić information content (AvgIpc) is 2.49. The number of carbonyl (C=O) groups excluding carboxylic acids is 1.